The number of hydrogen-bond donors (Lipinski definition) is 1. The van der Waals surface area contributed by atoms with Crippen molar-refractivity contribution < 1.29 is 9.53 Å². The van der Waals surface area contributed by atoms with Gasteiger partial charge in [0, 0.05) is 22.7 Å². The monoisotopic (exact) mass is 441 g/mol. The molecule has 170 valence electrons. The van der Waals surface area contributed by atoms with Crippen molar-refractivity contribution in [1.82, 2.24) is 5.43 Å². The summed E-state index contributed by atoms with van der Waals surface area (Å²) in [6, 6.07) is 20.4. The van der Waals surface area contributed by atoms with Gasteiger partial charge in [-0.1, -0.05) is 48.5 Å². The normalized spacial score (nSPS) is 15.0. The van der Waals surface area contributed by atoms with E-state index in [0.717, 1.165) is 16.3 Å². The molecule has 0 atom stereocenters. The Bertz CT molecular complexity index is 1240. The molecule has 0 fully saturated rings. The van der Waals surface area contributed by atoms with E-state index >= 15 is 0 Å². The molecule has 0 aliphatic carbocycles. The minimum atomic E-state index is -0.305. The molecule has 5 heteroatoms. The van der Waals surface area contributed by atoms with Crippen LogP contribution in [0.5, 0.6) is 5.75 Å². The number of benzene rings is 3. The minimum Gasteiger partial charge on any atom is -0.483 e. The number of hydrazone groups is 1. The summed E-state index contributed by atoms with van der Waals surface area (Å²) in [5, 5.41) is 6.19. The number of nitrogens with zero attached hydrogens (tertiary/aromatic N) is 2. The number of ether oxygens (including phenoxy) is 1. The zero-order valence-corrected chi connectivity index (χ0v) is 19.9. The van der Waals surface area contributed by atoms with Crippen LogP contribution in [0.3, 0.4) is 0 Å². The summed E-state index contributed by atoms with van der Waals surface area (Å²) in [4.78, 5) is 14.7. The molecule has 1 amide bonds. The Hall–Kier alpha value is -3.60. The molecule has 5 nitrogen and oxygen atoms in total. The van der Waals surface area contributed by atoms with Gasteiger partial charge in [-0.15, -0.1) is 0 Å². The summed E-state index contributed by atoms with van der Waals surface area (Å²) in [6.45, 7) is 11.0. The number of rotatable bonds is 6. The molecule has 0 aromatic heterocycles. The Morgan fingerprint density at radius 1 is 1.12 bits per heavy atom. The maximum Gasteiger partial charge on any atom is 0.277 e. The van der Waals surface area contributed by atoms with Crippen LogP contribution in [-0.2, 0) is 4.79 Å². The number of nitrogens with one attached hydrogen (secondary N) is 1. The smallest absolute Gasteiger partial charge is 0.277 e. The first kappa shape index (κ1) is 22.6. The van der Waals surface area contributed by atoms with E-state index < -0.39 is 0 Å². The first-order valence-corrected chi connectivity index (χ1v) is 11.3. The minimum absolute atomic E-state index is 0.0427. The van der Waals surface area contributed by atoms with Crippen molar-refractivity contribution in [2.45, 2.75) is 46.2 Å². The standard InChI is InChI=1S/C28H31N3O2/c1-19(2)31-25-14-13-21(15-24(25)20(3)16-28(31,4)5)17-29-30-27(32)18-33-26-12-8-10-22-9-6-7-11-23(22)26/h6-17,19H,18H2,1-5H3,(H,30,32)/b29-17-. The summed E-state index contributed by atoms with van der Waals surface area (Å²) in [5.74, 6) is 0.378. The second kappa shape index (κ2) is 9.10. The Kier molecular flexibility index (Phi) is 6.23. The molecular weight excluding hydrogens is 410 g/mol. The van der Waals surface area contributed by atoms with Gasteiger partial charge in [0.05, 0.1) is 11.8 Å². The fourth-order valence-electron chi connectivity index (χ4n) is 4.77. The number of allylic oxidation sites excluding steroid dienone is 1. The SMILES string of the molecule is CC1=CC(C)(C)N(C(C)C)c2ccc(/C=N\NC(=O)COc3cccc4ccccc34)cc21. The highest BCUT2D eigenvalue weighted by Gasteiger charge is 2.32. The second-order valence-electron chi connectivity index (χ2n) is 9.28. The van der Waals surface area contributed by atoms with Crippen LogP contribution in [0.4, 0.5) is 5.69 Å². The summed E-state index contributed by atoms with van der Waals surface area (Å²) >= 11 is 0. The van der Waals surface area contributed by atoms with Gasteiger partial charge in [-0.05, 0) is 69.3 Å². The van der Waals surface area contributed by atoms with Crippen LogP contribution in [0.2, 0.25) is 0 Å². The van der Waals surface area contributed by atoms with Crippen molar-refractivity contribution in [2.75, 3.05) is 11.5 Å². The van der Waals surface area contributed by atoms with Gasteiger partial charge in [0.1, 0.15) is 5.75 Å². The number of fused-ring (bicyclic) bond motifs is 2. The van der Waals surface area contributed by atoms with Crippen molar-refractivity contribution in [1.29, 1.82) is 0 Å². The molecule has 33 heavy (non-hydrogen) atoms. The van der Waals surface area contributed by atoms with E-state index in [2.05, 4.69) is 68.3 Å². The van der Waals surface area contributed by atoms with Crippen LogP contribution >= 0.6 is 0 Å². The molecule has 1 N–H and O–H groups in total. The van der Waals surface area contributed by atoms with E-state index in [1.54, 1.807) is 6.21 Å². The van der Waals surface area contributed by atoms with Gasteiger partial charge in [0.25, 0.3) is 5.91 Å². The highest BCUT2D eigenvalue weighted by atomic mass is 16.5. The van der Waals surface area contributed by atoms with E-state index in [1.165, 1.54) is 16.8 Å². The van der Waals surface area contributed by atoms with E-state index in [0.29, 0.717) is 11.8 Å². The third-order valence-electron chi connectivity index (χ3n) is 5.92. The van der Waals surface area contributed by atoms with Gasteiger partial charge in [-0.2, -0.15) is 5.10 Å². The number of hydrogen-bond acceptors (Lipinski definition) is 4. The number of amides is 1. The van der Waals surface area contributed by atoms with Crippen molar-refractivity contribution in [3.8, 4) is 5.75 Å². The summed E-state index contributed by atoms with van der Waals surface area (Å²) < 4.78 is 5.73. The van der Waals surface area contributed by atoms with Crippen LogP contribution in [0, 0.1) is 0 Å². The highest BCUT2D eigenvalue weighted by Crippen LogP contribution is 2.40. The number of carbonyl (C=O) groups excluding carboxylic acids is 1. The van der Waals surface area contributed by atoms with Crippen molar-refractivity contribution in [3.05, 3.63) is 77.9 Å². The molecule has 4 rings (SSSR count). The first-order chi connectivity index (χ1) is 15.8. The largest absolute Gasteiger partial charge is 0.483 e. The van der Waals surface area contributed by atoms with Crippen LogP contribution in [-0.4, -0.2) is 30.3 Å². The molecule has 0 saturated carbocycles. The Morgan fingerprint density at radius 2 is 1.88 bits per heavy atom. The first-order valence-electron chi connectivity index (χ1n) is 11.3. The van der Waals surface area contributed by atoms with Crippen LogP contribution in [0.15, 0.2) is 71.8 Å². The Balaban J connectivity index is 1.42. The van der Waals surface area contributed by atoms with Gasteiger partial charge in [-0.3, -0.25) is 4.79 Å². The predicted octanol–water partition coefficient (Wildman–Crippen LogP) is 5.78. The quantitative estimate of drug-likeness (QED) is 0.390. The van der Waals surface area contributed by atoms with Crippen LogP contribution < -0.4 is 15.1 Å². The molecule has 0 radical (unpaired) electrons. The van der Waals surface area contributed by atoms with E-state index in [-0.39, 0.29) is 18.1 Å². The molecule has 1 aliphatic heterocycles. The lowest BCUT2D eigenvalue weighted by Crippen LogP contribution is -2.49. The molecule has 3 aromatic rings. The van der Waals surface area contributed by atoms with Gasteiger partial charge in [0.2, 0.25) is 0 Å². The Morgan fingerprint density at radius 3 is 2.67 bits per heavy atom. The molecule has 1 heterocycles. The van der Waals surface area contributed by atoms with Crippen LogP contribution in [0.1, 0.15) is 45.7 Å². The summed E-state index contributed by atoms with van der Waals surface area (Å²) in [5.41, 5.74) is 7.11. The van der Waals surface area contributed by atoms with Crippen molar-refractivity contribution >= 4 is 34.2 Å². The lowest BCUT2D eigenvalue weighted by molar-refractivity contribution is -0.123. The lowest BCUT2D eigenvalue weighted by Gasteiger charge is -2.46. The highest BCUT2D eigenvalue weighted by molar-refractivity contribution is 5.90. The molecule has 0 saturated heterocycles. The van der Waals surface area contributed by atoms with Gasteiger partial charge >= 0.3 is 0 Å². The van der Waals surface area contributed by atoms with Crippen molar-refractivity contribution in [2.24, 2.45) is 5.10 Å². The zero-order chi connectivity index (χ0) is 23.6. The summed E-state index contributed by atoms with van der Waals surface area (Å²) in [7, 11) is 0. The maximum atomic E-state index is 12.3. The van der Waals surface area contributed by atoms with E-state index in [4.69, 9.17) is 4.74 Å². The average molecular weight is 442 g/mol. The predicted molar refractivity (Wildman–Crippen MR) is 137 cm³/mol. The molecule has 0 spiro atoms. The topological polar surface area (TPSA) is 53.9 Å². The molecule has 0 unspecified atom stereocenters. The third kappa shape index (κ3) is 4.77. The van der Waals surface area contributed by atoms with E-state index in [9.17, 15) is 4.79 Å². The van der Waals surface area contributed by atoms with E-state index in [1.807, 2.05) is 48.5 Å². The van der Waals surface area contributed by atoms with Gasteiger partial charge in [-0.25, -0.2) is 5.43 Å². The molecule has 3 aromatic carbocycles. The third-order valence-corrected chi connectivity index (χ3v) is 5.92. The second-order valence-corrected chi connectivity index (χ2v) is 9.28. The number of carbonyl (C=O) groups is 1. The molecular formula is C28H31N3O2. The van der Waals surface area contributed by atoms with Crippen LogP contribution in [0.25, 0.3) is 16.3 Å². The maximum absolute atomic E-state index is 12.3. The lowest BCUT2D eigenvalue weighted by atomic mass is 9.87. The van der Waals surface area contributed by atoms with Gasteiger partial charge in [0.15, 0.2) is 6.61 Å². The van der Waals surface area contributed by atoms with Crippen molar-refractivity contribution in [3.63, 3.8) is 0 Å². The fraction of sp³-hybridized carbons (Fsp3) is 0.286. The number of anilines is 1. The summed E-state index contributed by atoms with van der Waals surface area (Å²) in [6.07, 6.45) is 3.98. The molecule has 1 aliphatic rings. The average Bonchev–Trinajstić information content (AvgIpc) is 2.77. The van der Waals surface area contributed by atoms with Gasteiger partial charge < -0.3 is 9.64 Å². The molecule has 0 bridgehead atoms. The zero-order valence-electron chi connectivity index (χ0n) is 19.9. The Labute approximate surface area is 195 Å². The fourth-order valence-corrected chi connectivity index (χ4v) is 4.77.